The van der Waals surface area contributed by atoms with Gasteiger partial charge in [-0.05, 0) is 12.3 Å². The summed E-state index contributed by atoms with van der Waals surface area (Å²) in [5.41, 5.74) is -0.0703. The molecule has 11 heavy (non-hydrogen) atoms. The molecule has 0 amide bonds. The normalized spacial score (nSPS) is 14.2. The van der Waals surface area contributed by atoms with Gasteiger partial charge >= 0.3 is 0 Å². The molecule has 0 fully saturated rings. The molecule has 0 saturated carbocycles. The minimum Gasteiger partial charge on any atom is -0.298 e. The first-order chi connectivity index (χ1) is 4.89. The van der Waals surface area contributed by atoms with Crippen LogP contribution in [0.2, 0.25) is 0 Å². The average molecular weight is 219 g/mol. The third-order valence-corrected chi connectivity index (χ3v) is 2.14. The van der Waals surface area contributed by atoms with Gasteiger partial charge in [0.15, 0.2) is 0 Å². The molecule has 0 aliphatic heterocycles. The van der Waals surface area contributed by atoms with Gasteiger partial charge in [-0.25, -0.2) is 0 Å². The molecule has 64 valence electrons. The SMILES string of the molecule is C=CC(C)(C)CC(=O)C(C)Br. The number of ketones is 1. The predicted octanol–water partition coefficient (Wildman–Crippen LogP) is 2.94. The Balaban J connectivity index is 4.04. The van der Waals surface area contributed by atoms with E-state index >= 15 is 0 Å². The van der Waals surface area contributed by atoms with Crippen molar-refractivity contribution in [3.05, 3.63) is 12.7 Å². The minimum atomic E-state index is -0.0703. The Hall–Kier alpha value is -0.110. The van der Waals surface area contributed by atoms with Gasteiger partial charge in [0.2, 0.25) is 0 Å². The van der Waals surface area contributed by atoms with Gasteiger partial charge in [-0.3, -0.25) is 4.79 Å². The standard InChI is InChI=1S/C9H15BrO/c1-5-9(3,4)6-8(11)7(2)10/h5,7H,1,6H2,2-4H3. The maximum Gasteiger partial charge on any atom is 0.147 e. The summed E-state index contributed by atoms with van der Waals surface area (Å²) < 4.78 is 0. The van der Waals surface area contributed by atoms with Crippen molar-refractivity contribution in [3.8, 4) is 0 Å². The second kappa shape index (κ2) is 4.05. The lowest BCUT2D eigenvalue weighted by molar-refractivity contribution is -0.119. The lowest BCUT2D eigenvalue weighted by Gasteiger charge is -2.18. The quantitative estimate of drug-likeness (QED) is 0.524. The highest BCUT2D eigenvalue weighted by atomic mass is 79.9. The van der Waals surface area contributed by atoms with Crippen LogP contribution in [0.4, 0.5) is 0 Å². The summed E-state index contributed by atoms with van der Waals surface area (Å²) in [4.78, 5) is 11.2. The molecular formula is C9H15BrO. The van der Waals surface area contributed by atoms with Crippen LogP contribution in [0.15, 0.2) is 12.7 Å². The van der Waals surface area contributed by atoms with Crippen LogP contribution in [-0.4, -0.2) is 10.6 Å². The molecule has 0 aromatic heterocycles. The number of allylic oxidation sites excluding steroid dienone is 1. The molecule has 0 saturated heterocycles. The number of carbonyl (C=O) groups excluding carboxylic acids is 1. The van der Waals surface area contributed by atoms with Gasteiger partial charge in [-0.1, -0.05) is 35.9 Å². The second-order valence-corrected chi connectivity index (χ2v) is 4.83. The van der Waals surface area contributed by atoms with Crippen LogP contribution in [0.5, 0.6) is 0 Å². The lowest BCUT2D eigenvalue weighted by atomic mass is 9.87. The maximum absolute atomic E-state index is 11.2. The summed E-state index contributed by atoms with van der Waals surface area (Å²) in [5, 5.41) is 0. The van der Waals surface area contributed by atoms with Gasteiger partial charge < -0.3 is 0 Å². The molecule has 0 aromatic rings. The van der Waals surface area contributed by atoms with E-state index in [1.165, 1.54) is 0 Å². The Morgan fingerprint density at radius 1 is 1.73 bits per heavy atom. The van der Waals surface area contributed by atoms with Crippen molar-refractivity contribution in [2.75, 3.05) is 0 Å². The van der Waals surface area contributed by atoms with Gasteiger partial charge in [-0.2, -0.15) is 0 Å². The van der Waals surface area contributed by atoms with E-state index in [1.807, 2.05) is 26.8 Å². The van der Waals surface area contributed by atoms with E-state index in [0.29, 0.717) is 6.42 Å². The maximum atomic E-state index is 11.2. The van der Waals surface area contributed by atoms with Crippen LogP contribution in [-0.2, 0) is 4.79 Å². The highest BCUT2D eigenvalue weighted by molar-refractivity contribution is 9.10. The topological polar surface area (TPSA) is 17.1 Å². The van der Waals surface area contributed by atoms with Crippen molar-refractivity contribution in [1.82, 2.24) is 0 Å². The van der Waals surface area contributed by atoms with Gasteiger partial charge in [0.05, 0.1) is 4.83 Å². The molecule has 0 N–H and O–H groups in total. The summed E-state index contributed by atoms with van der Waals surface area (Å²) in [6.07, 6.45) is 2.38. The fraction of sp³-hybridized carbons (Fsp3) is 0.667. The number of halogens is 1. The Bertz CT molecular complexity index is 159. The molecule has 2 heteroatoms. The van der Waals surface area contributed by atoms with Crippen molar-refractivity contribution in [3.63, 3.8) is 0 Å². The van der Waals surface area contributed by atoms with Crippen molar-refractivity contribution >= 4 is 21.7 Å². The number of carbonyl (C=O) groups is 1. The van der Waals surface area contributed by atoms with Crippen molar-refractivity contribution in [2.24, 2.45) is 5.41 Å². The Morgan fingerprint density at radius 2 is 2.18 bits per heavy atom. The molecule has 0 aliphatic carbocycles. The molecule has 0 bridgehead atoms. The zero-order valence-corrected chi connectivity index (χ0v) is 8.94. The minimum absolute atomic E-state index is 0.0401. The molecule has 0 spiro atoms. The fourth-order valence-electron chi connectivity index (χ4n) is 0.662. The zero-order valence-electron chi connectivity index (χ0n) is 7.36. The van der Waals surface area contributed by atoms with Crippen LogP contribution in [0, 0.1) is 5.41 Å². The van der Waals surface area contributed by atoms with Gasteiger partial charge in [0, 0.05) is 6.42 Å². The highest BCUT2D eigenvalue weighted by Gasteiger charge is 2.20. The Morgan fingerprint density at radius 3 is 2.45 bits per heavy atom. The smallest absolute Gasteiger partial charge is 0.147 e. The molecule has 0 rings (SSSR count). The number of hydrogen-bond donors (Lipinski definition) is 0. The monoisotopic (exact) mass is 218 g/mol. The third-order valence-electron chi connectivity index (χ3n) is 1.63. The van der Waals surface area contributed by atoms with Crippen LogP contribution in [0.3, 0.4) is 0 Å². The largest absolute Gasteiger partial charge is 0.298 e. The van der Waals surface area contributed by atoms with Crippen LogP contribution >= 0.6 is 15.9 Å². The predicted molar refractivity (Wildman–Crippen MR) is 52.0 cm³/mol. The Kier molecular flexibility index (Phi) is 4.01. The molecule has 0 aliphatic rings. The molecule has 0 radical (unpaired) electrons. The third kappa shape index (κ3) is 4.35. The lowest BCUT2D eigenvalue weighted by Crippen LogP contribution is -2.19. The van der Waals surface area contributed by atoms with E-state index < -0.39 is 0 Å². The molecule has 1 atom stereocenters. The van der Waals surface area contributed by atoms with E-state index in [4.69, 9.17) is 0 Å². The van der Waals surface area contributed by atoms with Crippen molar-refractivity contribution < 1.29 is 4.79 Å². The molecular weight excluding hydrogens is 204 g/mol. The average Bonchev–Trinajstić information content (AvgIpc) is 1.87. The fourth-order valence-corrected chi connectivity index (χ4v) is 0.824. The summed E-state index contributed by atoms with van der Waals surface area (Å²) in [5.74, 6) is 0.231. The molecule has 1 nitrogen and oxygen atoms in total. The number of alkyl halides is 1. The van der Waals surface area contributed by atoms with Crippen LogP contribution in [0.25, 0.3) is 0 Å². The first kappa shape index (κ1) is 10.9. The zero-order chi connectivity index (χ0) is 9.07. The summed E-state index contributed by atoms with van der Waals surface area (Å²) in [7, 11) is 0. The van der Waals surface area contributed by atoms with Gasteiger partial charge in [0.25, 0.3) is 0 Å². The molecule has 0 heterocycles. The summed E-state index contributed by atoms with van der Waals surface area (Å²) in [6.45, 7) is 9.54. The first-order valence-electron chi connectivity index (χ1n) is 3.69. The molecule has 1 unspecified atom stereocenters. The first-order valence-corrected chi connectivity index (χ1v) is 4.61. The van der Waals surface area contributed by atoms with Crippen molar-refractivity contribution in [2.45, 2.75) is 32.0 Å². The highest BCUT2D eigenvalue weighted by Crippen LogP contribution is 2.23. The van der Waals surface area contributed by atoms with Crippen molar-refractivity contribution in [1.29, 1.82) is 0 Å². The van der Waals surface area contributed by atoms with Gasteiger partial charge in [-0.15, -0.1) is 6.58 Å². The van der Waals surface area contributed by atoms with E-state index in [-0.39, 0.29) is 16.0 Å². The number of hydrogen-bond acceptors (Lipinski definition) is 1. The second-order valence-electron chi connectivity index (χ2n) is 3.45. The van der Waals surface area contributed by atoms with E-state index in [1.54, 1.807) is 0 Å². The number of Topliss-reactive ketones (excluding diaryl/α,β-unsaturated/α-hetero) is 1. The van der Waals surface area contributed by atoms with E-state index in [0.717, 1.165) is 0 Å². The van der Waals surface area contributed by atoms with E-state index in [2.05, 4.69) is 22.5 Å². The summed E-state index contributed by atoms with van der Waals surface area (Å²) in [6, 6.07) is 0. The van der Waals surface area contributed by atoms with Gasteiger partial charge in [0.1, 0.15) is 5.78 Å². The van der Waals surface area contributed by atoms with E-state index in [9.17, 15) is 4.79 Å². The Labute approximate surface area is 77.0 Å². The molecule has 0 aromatic carbocycles. The van der Waals surface area contributed by atoms with Crippen LogP contribution in [0.1, 0.15) is 27.2 Å². The van der Waals surface area contributed by atoms with Crippen LogP contribution < -0.4 is 0 Å². The summed E-state index contributed by atoms with van der Waals surface area (Å²) >= 11 is 3.24. The number of rotatable bonds is 4.